The first-order valence-corrected chi connectivity index (χ1v) is 8.95. The van der Waals surface area contributed by atoms with Crippen molar-refractivity contribution in [3.8, 4) is 0 Å². The van der Waals surface area contributed by atoms with Crippen molar-refractivity contribution in [1.29, 1.82) is 0 Å². The molecule has 0 radical (unpaired) electrons. The summed E-state index contributed by atoms with van der Waals surface area (Å²) >= 11 is 0. The third kappa shape index (κ3) is 5.46. The topological polar surface area (TPSA) is 96.7 Å². The van der Waals surface area contributed by atoms with E-state index in [1.165, 1.54) is 0 Å². The molecule has 1 unspecified atom stereocenters. The first kappa shape index (κ1) is 18.7. The molecule has 0 aromatic heterocycles. The lowest BCUT2D eigenvalue weighted by molar-refractivity contribution is -0.117. The Morgan fingerprint density at radius 2 is 1.81 bits per heavy atom. The van der Waals surface area contributed by atoms with E-state index in [4.69, 9.17) is 10.5 Å². The number of morpholine rings is 1. The Balaban J connectivity index is 1.70. The van der Waals surface area contributed by atoms with Gasteiger partial charge in [0.05, 0.1) is 13.2 Å². The van der Waals surface area contributed by atoms with Crippen LogP contribution < -0.4 is 21.3 Å². The number of nitrogens with one attached hydrogen (secondary N) is 2. The molecule has 1 aliphatic rings. The highest BCUT2D eigenvalue weighted by atomic mass is 16.5. The molecule has 0 saturated carbocycles. The maximum absolute atomic E-state index is 12.7. The molecule has 0 spiro atoms. The minimum atomic E-state index is -0.753. The first-order valence-electron chi connectivity index (χ1n) is 8.95. The van der Waals surface area contributed by atoms with Gasteiger partial charge >= 0.3 is 6.03 Å². The van der Waals surface area contributed by atoms with Crippen molar-refractivity contribution < 1.29 is 14.3 Å². The third-order valence-electron chi connectivity index (χ3n) is 4.41. The standard InChI is InChI=1S/C20H24N4O3/c21-20(26)23-18(13-15-5-2-1-3-6-15)19(25)22-16-7-4-8-17(14-16)24-9-11-27-12-10-24/h1-8,14,18H,9-13H2,(H,22,25)(H3,21,23,26). The lowest BCUT2D eigenvalue weighted by Gasteiger charge is -2.29. The number of rotatable bonds is 6. The van der Waals surface area contributed by atoms with Crippen molar-refractivity contribution in [2.24, 2.45) is 5.73 Å². The maximum atomic E-state index is 12.7. The number of nitrogens with zero attached hydrogens (tertiary/aromatic N) is 1. The van der Waals surface area contributed by atoms with E-state index in [2.05, 4.69) is 15.5 Å². The van der Waals surface area contributed by atoms with Crippen molar-refractivity contribution in [3.05, 3.63) is 60.2 Å². The van der Waals surface area contributed by atoms with E-state index in [0.29, 0.717) is 25.3 Å². The molecule has 4 N–H and O–H groups in total. The fourth-order valence-corrected chi connectivity index (χ4v) is 3.06. The zero-order valence-corrected chi connectivity index (χ0v) is 15.1. The first-order chi connectivity index (χ1) is 13.1. The molecule has 1 aliphatic heterocycles. The Labute approximate surface area is 158 Å². The zero-order chi connectivity index (χ0) is 19.1. The average molecular weight is 368 g/mol. The summed E-state index contributed by atoms with van der Waals surface area (Å²) in [6, 6.07) is 15.7. The summed E-state index contributed by atoms with van der Waals surface area (Å²) in [6.07, 6.45) is 0.360. The van der Waals surface area contributed by atoms with Gasteiger partial charge in [0.2, 0.25) is 5.91 Å². The molecule has 3 rings (SSSR count). The van der Waals surface area contributed by atoms with E-state index >= 15 is 0 Å². The van der Waals surface area contributed by atoms with E-state index in [1.807, 2.05) is 54.6 Å². The smallest absolute Gasteiger partial charge is 0.312 e. The van der Waals surface area contributed by atoms with Gasteiger partial charge in [-0.05, 0) is 23.8 Å². The zero-order valence-electron chi connectivity index (χ0n) is 15.1. The second kappa shape index (κ2) is 9.05. The molecule has 2 aromatic carbocycles. The molecule has 142 valence electrons. The second-order valence-electron chi connectivity index (χ2n) is 6.39. The number of urea groups is 1. The highest BCUT2D eigenvalue weighted by Gasteiger charge is 2.21. The van der Waals surface area contributed by atoms with E-state index in [0.717, 1.165) is 24.3 Å². The summed E-state index contributed by atoms with van der Waals surface area (Å²) < 4.78 is 5.38. The molecule has 1 atom stereocenters. The van der Waals surface area contributed by atoms with Gasteiger partial charge in [-0.1, -0.05) is 36.4 Å². The Hall–Kier alpha value is -3.06. The van der Waals surface area contributed by atoms with Crippen LogP contribution in [0.5, 0.6) is 0 Å². The van der Waals surface area contributed by atoms with Crippen LogP contribution in [-0.2, 0) is 16.0 Å². The van der Waals surface area contributed by atoms with Crippen LogP contribution in [-0.4, -0.2) is 44.3 Å². The number of hydrogen-bond donors (Lipinski definition) is 3. The Morgan fingerprint density at radius 3 is 2.52 bits per heavy atom. The average Bonchev–Trinajstić information content (AvgIpc) is 2.69. The molecule has 1 saturated heterocycles. The van der Waals surface area contributed by atoms with E-state index in [9.17, 15) is 9.59 Å². The predicted molar refractivity (Wildman–Crippen MR) is 105 cm³/mol. The quantitative estimate of drug-likeness (QED) is 0.724. The van der Waals surface area contributed by atoms with E-state index in [1.54, 1.807) is 0 Å². The van der Waals surface area contributed by atoms with Gasteiger partial charge in [0.1, 0.15) is 6.04 Å². The van der Waals surface area contributed by atoms with Gasteiger partial charge in [-0.25, -0.2) is 4.79 Å². The minimum Gasteiger partial charge on any atom is -0.378 e. The highest BCUT2D eigenvalue weighted by molar-refractivity contribution is 5.97. The van der Waals surface area contributed by atoms with Gasteiger partial charge in [0.25, 0.3) is 0 Å². The lowest BCUT2D eigenvalue weighted by atomic mass is 10.1. The summed E-state index contributed by atoms with van der Waals surface area (Å²) in [4.78, 5) is 26.3. The fraction of sp³-hybridized carbons (Fsp3) is 0.300. The van der Waals surface area contributed by atoms with E-state index < -0.39 is 12.1 Å². The number of carbonyl (C=O) groups excluding carboxylic acids is 2. The Kier molecular flexibility index (Phi) is 6.27. The molecule has 0 bridgehead atoms. The number of amides is 3. The lowest BCUT2D eigenvalue weighted by Crippen LogP contribution is -2.47. The molecule has 1 fully saturated rings. The van der Waals surface area contributed by atoms with Crippen molar-refractivity contribution in [2.45, 2.75) is 12.5 Å². The van der Waals surface area contributed by atoms with Crippen molar-refractivity contribution in [2.75, 3.05) is 36.5 Å². The summed E-state index contributed by atoms with van der Waals surface area (Å²) in [5.74, 6) is -0.309. The SMILES string of the molecule is NC(=O)NC(Cc1ccccc1)C(=O)Nc1cccc(N2CCOCC2)c1. The van der Waals surface area contributed by atoms with Crippen LogP contribution in [0.25, 0.3) is 0 Å². The van der Waals surface area contributed by atoms with Crippen molar-refractivity contribution >= 4 is 23.3 Å². The monoisotopic (exact) mass is 368 g/mol. The minimum absolute atomic E-state index is 0.309. The van der Waals surface area contributed by atoms with Gasteiger partial charge < -0.3 is 26.0 Å². The van der Waals surface area contributed by atoms with E-state index in [-0.39, 0.29) is 5.91 Å². The number of nitrogens with two attached hydrogens (primary N) is 1. The van der Waals surface area contributed by atoms with Crippen LogP contribution in [0.4, 0.5) is 16.2 Å². The number of primary amides is 1. The second-order valence-corrected chi connectivity index (χ2v) is 6.39. The third-order valence-corrected chi connectivity index (χ3v) is 4.41. The van der Waals surface area contributed by atoms with Crippen LogP contribution in [0.1, 0.15) is 5.56 Å². The van der Waals surface area contributed by atoms with Crippen LogP contribution in [0.2, 0.25) is 0 Å². The molecule has 2 aromatic rings. The molecular weight excluding hydrogens is 344 g/mol. The number of hydrogen-bond acceptors (Lipinski definition) is 4. The van der Waals surface area contributed by atoms with Gasteiger partial charge in [0.15, 0.2) is 0 Å². The van der Waals surface area contributed by atoms with Gasteiger partial charge in [-0.3, -0.25) is 4.79 Å². The van der Waals surface area contributed by atoms with Crippen molar-refractivity contribution in [3.63, 3.8) is 0 Å². The highest BCUT2D eigenvalue weighted by Crippen LogP contribution is 2.20. The molecule has 7 heteroatoms. The van der Waals surface area contributed by atoms with Crippen molar-refractivity contribution in [1.82, 2.24) is 5.32 Å². The largest absolute Gasteiger partial charge is 0.378 e. The molecule has 27 heavy (non-hydrogen) atoms. The maximum Gasteiger partial charge on any atom is 0.312 e. The Bertz CT molecular complexity index is 776. The van der Waals surface area contributed by atoms with Crippen LogP contribution in [0, 0.1) is 0 Å². The number of carbonyl (C=O) groups is 2. The predicted octanol–water partition coefficient (Wildman–Crippen LogP) is 1.74. The number of benzene rings is 2. The summed E-state index contributed by atoms with van der Waals surface area (Å²) in [7, 11) is 0. The molecule has 0 aliphatic carbocycles. The number of anilines is 2. The molecule has 1 heterocycles. The summed E-state index contributed by atoms with van der Waals surface area (Å²) in [5, 5.41) is 5.41. The molecule has 3 amide bonds. The number of ether oxygens (including phenoxy) is 1. The normalized spacial score (nSPS) is 15.0. The molecular formula is C20H24N4O3. The van der Waals surface area contributed by atoms with Gasteiger partial charge in [-0.15, -0.1) is 0 Å². The summed E-state index contributed by atoms with van der Waals surface area (Å²) in [6.45, 7) is 3.02. The fourth-order valence-electron chi connectivity index (χ4n) is 3.06. The van der Waals surface area contributed by atoms with Crippen LogP contribution in [0.15, 0.2) is 54.6 Å². The van der Waals surface area contributed by atoms with Gasteiger partial charge in [0, 0.05) is 30.9 Å². The van der Waals surface area contributed by atoms with Crippen LogP contribution >= 0.6 is 0 Å². The molecule has 7 nitrogen and oxygen atoms in total. The van der Waals surface area contributed by atoms with Gasteiger partial charge in [-0.2, -0.15) is 0 Å². The Morgan fingerprint density at radius 1 is 1.07 bits per heavy atom. The van der Waals surface area contributed by atoms with Crippen LogP contribution in [0.3, 0.4) is 0 Å². The summed E-state index contributed by atoms with van der Waals surface area (Å²) in [5.41, 5.74) is 7.89.